The summed E-state index contributed by atoms with van der Waals surface area (Å²) in [4.78, 5) is 12.3. The molecule has 0 atom stereocenters. The zero-order valence-electron chi connectivity index (χ0n) is 15.9. The number of nitrogens with one attached hydrogen (secondary N) is 2. The summed E-state index contributed by atoms with van der Waals surface area (Å²) in [6, 6.07) is 12.3. The van der Waals surface area contributed by atoms with E-state index < -0.39 is 10.0 Å². The molecule has 1 amide bonds. The van der Waals surface area contributed by atoms with Gasteiger partial charge in [0.05, 0.1) is 13.7 Å². The van der Waals surface area contributed by atoms with E-state index in [4.69, 9.17) is 4.74 Å². The molecule has 0 saturated carbocycles. The molecule has 2 aromatic rings. The molecule has 2 N–H and O–H groups in total. The first-order valence-corrected chi connectivity index (χ1v) is 9.95. The zero-order valence-corrected chi connectivity index (χ0v) is 16.8. The molecule has 2 rings (SSSR count). The Bertz CT molecular complexity index is 911. The number of sulfonamides is 1. The fraction of sp³-hybridized carbons (Fsp3) is 0.316. The molecular weight excluding hydrogens is 366 g/mol. The van der Waals surface area contributed by atoms with Crippen molar-refractivity contribution in [2.45, 2.75) is 18.2 Å². The van der Waals surface area contributed by atoms with Crippen LogP contribution in [0.1, 0.15) is 12.5 Å². The number of aryl methyl sites for hydroxylation is 1. The molecule has 0 heterocycles. The summed E-state index contributed by atoms with van der Waals surface area (Å²) in [5.74, 6) is -0.0593. The van der Waals surface area contributed by atoms with Gasteiger partial charge in [0.25, 0.3) is 0 Å². The van der Waals surface area contributed by atoms with Crippen LogP contribution in [0.4, 0.5) is 11.4 Å². The van der Waals surface area contributed by atoms with E-state index in [2.05, 4.69) is 10.6 Å². The first-order chi connectivity index (χ1) is 12.8. The van der Waals surface area contributed by atoms with E-state index in [1.54, 1.807) is 6.07 Å². The van der Waals surface area contributed by atoms with Crippen molar-refractivity contribution in [2.75, 3.05) is 38.4 Å². The zero-order chi connectivity index (χ0) is 20.0. The number of amides is 1. The van der Waals surface area contributed by atoms with Crippen LogP contribution in [0.5, 0.6) is 5.75 Å². The first-order valence-electron chi connectivity index (χ1n) is 8.51. The maximum absolute atomic E-state index is 12.5. The van der Waals surface area contributed by atoms with Crippen LogP contribution in [0.15, 0.2) is 47.4 Å². The van der Waals surface area contributed by atoms with Gasteiger partial charge < -0.3 is 15.4 Å². The fourth-order valence-corrected chi connectivity index (χ4v) is 3.61. The molecule has 0 aliphatic heterocycles. The lowest BCUT2D eigenvalue weighted by Crippen LogP contribution is -2.24. The van der Waals surface area contributed by atoms with Crippen molar-refractivity contribution in [3.05, 3.63) is 48.0 Å². The van der Waals surface area contributed by atoms with Gasteiger partial charge in [-0.1, -0.05) is 25.1 Å². The van der Waals surface area contributed by atoms with Crippen LogP contribution in [0.25, 0.3) is 0 Å². The number of hydrogen-bond donors (Lipinski definition) is 2. The largest absolute Gasteiger partial charge is 0.495 e. The average molecular weight is 391 g/mol. The highest BCUT2D eigenvalue weighted by Gasteiger charge is 2.23. The summed E-state index contributed by atoms with van der Waals surface area (Å²) < 4.78 is 31.1. The van der Waals surface area contributed by atoms with E-state index in [-0.39, 0.29) is 23.1 Å². The van der Waals surface area contributed by atoms with Gasteiger partial charge in [-0.25, -0.2) is 12.7 Å². The Morgan fingerprint density at radius 3 is 2.48 bits per heavy atom. The van der Waals surface area contributed by atoms with Crippen LogP contribution in [-0.4, -0.2) is 46.4 Å². The Morgan fingerprint density at radius 1 is 1.15 bits per heavy atom. The van der Waals surface area contributed by atoms with Gasteiger partial charge in [-0.15, -0.1) is 0 Å². The standard InChI is InChI=1S/C19H25N3O4S/c1-5-14-8-6-7-9-16(14)20-13-19(23)21-15-10-11-17(26-4)18(12-15)27(24,25)22(2)3/h6-12,20H,5,13H2,1-4H3,(H,21,23). The van der Waals surface area contributed by atoms with Crippen LogP contribution >= 0.6 is 0 Å². The molecule has 0 aromatic heterocycles. The van der Waals surface area contributed by atoms with Crippen molar-refractivity contribution >= 4 is 27.3 Å². The second-order valence-electron chi connectivity index (χ2n) is 6.07. The summed E-state index contributed by atoms with van der Waals surface area (Å²) in [6.45, 7) is 2.11. The number of ether oxygens (including phenoxy) is 1. The molecule has 0 aliphatic rings. The second kappa shape index (κ2) is 8.88. The van der Waals surface area contributed by atoms with Gasteiger partial charge in [0, 0.05) is 25.5 Å². The topological polar surface area (TPSA) is 87.7 Å². The third-order valence-electron chi connectivity index (χ3n) is 4.04. The number of nitrogens with zero attached hydrogens (tertiary/aromatic N) is 1. The van der Waals surface area contributed by atoms with E-state index >= 15 is 0 Å². The Morgan fingerprint density at radius 2 is 1.85 bits per heavy atom. The number of rotatable bonds is 8. The van der Waals surface area contributed by atoms with Crippen molar-refractivity contribution < 1.29 is 17.9 Å². The Hall–Kier alpha value is -2.58. The van der Waals surface area contributed by atoms with Crippen molar-refractivity contribution in [1.29, 1.82) is 0 Å². The maximum atomic E-state index is 12.5. The highest BCUT2D eigenvalue weighted by atomic mass is 32.2. The Kier molecular flexibility index (Phi) is 6.81. The summed E-state index contributed by atoms with van der Waals surface area (Å²) in [7, 11) is 0.579. The smallest absolute Gasteiger partial charge is 0.246 e. The average Bonchev–Trinajstić information content (AvgIpc) is 2.66. The number of carbonyl (C=O) groups excluding carboxylic acids is 1. The van der Waals surface area contributed by atoms with Gasteiger partial charge in [0.2, 0.25) is 15.9 Å². The third kappa shape index (κ3) is 4.99. The molecule has 0 unspecified atom stereocenters. The van der Waals surface area contributed by atoms with Crippen LogP contribution in [0, 0.1) is 0 Å². The highest BCUT2D eigenvalue weighted by Crippen LogP contribution is 2.28. The van der Waals surface area contributed by atoms with E-state index in [0.29, 0.717) is 5.69 Å². The molecule has 0 radical (unpaired) electrons. The monoisotopic (exact) mass is 391 g/mol. The van der Waals surface area contributed by atoms with Crippen LogP contribution < -0.4 is 15.4 Å². The second-order valence-corrected chi connectivity index (χ2v) is 8.19. The predicted molar refractivity (Wildman–Crippen MR) is 107 cm³/mol. The van der Waals surface area contributed by atoms with Crippen molar-refractivity contribution in [2.24, 2.45) is 0 Å². The molecular formula is C19H25N3O4S. The van der Waals surface area contributed by atoms with Crippen LogP contribution in [0.3, 0.4) is 0 Å². The molecule has 27 heavy (non-hydrogen) atoms. The predicted octanol–water partition coefficient (Wildman–Crippen LogP) is 2.56. The normalized spacial score (nSPS) is 11.3. The molecule has 0 spiro atoms. The number of carbonyl (C=O) groups is 1. The lowest BCUT2D eigenvalue weighted by atomic mass is 10.1. The molecule has 8 heteroatoms. The number of hydrogen-bond acceptors (Lipinski definition) is 5. The number of methoxy groups -OCH3 is 1. The van der Waals surface area contributed by atoms with Crippen molar-refractivity contribution in [3.63, 3.8) is 0 Å². The number of benzene rings is 2. The molecule has 0 bridgehead atoms. The molecule has 0 saturated heterocycles. The number of para-hydroxylation sites is 1. The van der Waals surface area contributed by atoms with Gasteiger partial charge in [-0.3, -0.25) is 4.79 Å². The Labute approximate surface area is 160 Å². The molecule has 0 aliphatic carbocycles. The van der Waals surface area contributed by atoms with Crippen molar-refractivity contribution in [1.82, 2.24) is 4.31 Å². The van der Waals surface area contributed by atoms with Crippen molar-refractivity contribution in [3.8, 4) is 5.75 Å². The van der Waals surface area contributed by atoms with Gasteiger partial charge in [0.1, 0.15) is 10.6 Å². The lowest BCUT2D eigenvalue weighted by molar-refractivity contribution is -0.114. The minimum absolute atomic E-state index is 0.00270. The summed E-state index contributed by atoms with van der Waals surface area (Å²) in [5, 5.41) is 5.82. The summed E-state index contributed by atoms with van der Waals surface area (Å²) in [5.41, 5.74) is 2.40. The maximum Gasteiger partial charge on any atom is 0.246 e. The minimum atomic E-state index is -3.70. The van der Waals surface area contributed by atoms with Gasteiger partial charge >= 0.3 is 0 Å². The lowest BCUT2D eigenvalue weighted by Gasteiger charge is -2.16. The van der Waals surface area contributed by atoms with Gasteiger partial charge in [0.15, 0.2) is 0 Å². The van der Waals surface area contributed by atoms with E-state index in [1.807, 2.05) is 31.2 Å². The van der Waals surface area contributed by atoms with Crippen LogP contribution in [0.2, 0.25) is 0 Å². The van der Waals surface area contributed by atoms with E-state index in [9.17, 15) is 13.2 Å². The fourth-order valence-electron chi connectivity index (χ4n) is 2.53. The summed E-state index contributed by atoms with van der Waals surface area (Å²) in [6.07, 6.45) is 0.856. The first kappa shape index (κ1) is 20.7. The van der Waals surface area contributed by atoms with Gasteiger partial charge in [-0.2, -0.15) is 0 Å². The Balaban J connectivity index is 2.14. The van der Waals surface area contributed by atoms with E-state index in [1.165, 1.54) is 33.3 Å². The van der Waals surface area contributed by atoms with Gasteiger partial charge in [-0.05, 0) is 36.2 Å². The van der Waals surface area contributed by atoms with Crippen LogP contribution in [-0.2, 0) is 21.2 Å². The quantitative estimate of drug-likeness (QED) is 0.722. The van der Waals surface area contributed by atoms with E-state index in [0.717, 1.165) is 22.0 Å². The minimum Gasteiger partial charge on any atom is -0.495 e. The highest BCUT2D eigenvalue weighted by molar-refractivity contribution is 7.89. The molecule has 0 fully saturated rings. The number of anilines is 2. The molecule has 2 aromatic carbocycles. The SMILES string of the molecule is CCc1ccccc1NCC(=O)Nc1ccc(OC)c(S(=O)(=O)N(C)C)c1. The molecule has 7 nitrogen and oxygen atoms in total. The summed E-state index contributed by atoms with van der Waals surface area (Å²) >= 11 is 0. The third-order valence-corrected chi connectivity index (χ3v) is 5.88. The molecule has 146 valence electrons.